The minimum atomic E-state index is -0.127. The second-order valence-electron chi connectivity index (χ2n) is 5.06. The average molecular weight is 267 g/mol. The summed E-state index contributed by atoms with van der Waals surface area (Å²) in [6.07, 6.45) is 1.06. The number of hydrogen-bond acceptors (Lipinski definition) is 3. The van der Waals surface area contributed by atoms with Crippen LogP contribution < -0.4 is 10.2 Å². The van der Waals surface area contributed by atoms with Gasteiger partial charge < -0.3 is 15.1 Å². The van der Waals surface area contributed by atoms with Crippen LogP contribution in [0.4, 0.5) is 10.1 Å². The first-order valence-electron chi connectivity index (χ1n) is 6.91. The molecule has 0 aliphatic carbocycles. The highest BCUT2D eigenvalue weighted by Gasteiger charge is 2.13. The fourth-order valence-corrected chi connectivity index (χ4v) is 2.14. The molecular weight excluding hydrogens is 241 g/mol. The van der Waals surface area contributed by atoms with E-state index in [1.165, 1.54) is 6.07 Å². The first-order chi connectivity index (χ1) is 9.10. The molecule has 0 heterocycles. The lowest BCUT2D eigenvalue weighted by atomic mass is 10.1. The minimum Gasteiger partial charge on any atom is -0.370 e. The van der Waals surface area contributed by atoms with Gasteiger partial charge in [-0.05, 0) is 39.7 Å². The predicted octanol–water partition coefficient (Wildman–Crippen LogP) is 2.32. The quantitative estimate of drug-likeness (QED) is 0.780. The van der Waals surface area contributed by atoms with Crippen LogP contribution in [0.25, 0.3) is 0 Å². The minimum absolute atomic E-state index is 0.127. The Morgan fingerprint density at radius 2 is 1.89 bits per heavy atom. The molecule has 1 N–H and O–H groups in total. The van der Waals surface area contributed by atoms with Gasteiger partial charge in [-0.15, -0.1) is 0 Å². The summed E-state index contributed by atoms with van der Waals surface area (Å²) < 4.78 is 14.0. The van der Waals surface area contributed by atoms with Gasteiger partial charge in [-0.25, -0.2) is 4.39 Å². The molecule has 0 unspecified atom stereocenters. The van der Waals surface area contributed by atoms with Gasteiger partial charge in [0.15, 0.2) is 0 Å². The van der Waals surface area contributed by atoms with E-state index in [9.17, 15) is 4.39 Å². The second-order valence-corrected chi connectivity index (χ2v) is 5.06. The van der Waals surface area contributed by atoms with Crippen LogP contribution in [0.2, 0.25) is 0 Å². The molecule has 108 valence electrons. The van der Waals surface area contributed by atoms with Crippen LogP contribution in [0.3, 0.4) is 0 Å². The maximum atomic E-state index is 14.0. The summed E-state index contributed by atoms with van der Waals surface area (Å²) in [6.45, 7) is 5.55. The summed E-state index contributed by atoms with van der Waals surface area (Å²) in [7, 11) is 5.97. The van der Waals surface area contributed by atoms with Gasteiger partial charge in [0, 0.05) is 37.4 Å². The maximum absolute atomic E-state index is 14.0. The molecule has 0 fully saturated rings. The summed E-state index contributed by atoms with van der Waals surface area (Å²) in [5.41, 5.74) is 1.77. The third-order valence-electron chi connectivity index (χ3n) is 3.10. The van der Waals surface area contributed by atoms with Crippen LogP contribution in [0.1, 0.15) is 18.9 Å². The van der Waals surface area contributed by atoms with Crippen molar-refractivity contribution in [3.8, 4) is 0 Å². The lowest BCUT2D eigenvalue weighted by Gasteiger charge is -2.28. The number of benzene rings is 1. The predicted molar refractivity (Wildman–Crippen MR) is 80.2 cm³/mol. The van der Waals surface area contributed by atoms with Gasteiger partial charge in [-0.1, -0.05) is 13.0 Å². The Hall–Kier alpha value is -1.13. The summed E-state index contributed by atoms with van der Waals surface area (Å²) in [5.74, 6) is -0.127. The lowest BCUT2D eigenvalue weighted by molar-refractivity contribution is 0.412. The molecule has 1 aromatic rings. The van der Waals surface area contributed by atoms with E-state index >= 15 is 0 Å². The first-order valence-corrected chi connectivity index (χ1v) is 6.91. The zero-order valence-electron chi connectivity index (χ0n) is 12.5. The van der Waals surface area contributed by atoms with E-state index in [0.29, 0.717) is 6.54 Å². The Kier molecular flexibility index (Phi) is 6.81. The third-order valence-corrected chi connectivity index (χ3v) is 3.10. The van der Waals surface area contributed by atoms with Crippen LogP contribution in [0.5, 0.6) is 0 Å². The lowest BCUT2D eigenvalue weighted by Crippen LogP contribution is -2.33. The fourth-order valence-electron chi connectivity index (χ4n) is 2.14. The van der Waals surface area contributed by atoms with Crippen LogP contribution >= 0.6 is 0 Å². The Morgan fingerprint density at radius 3 is 2.47 bits per heavy atom. The summed E-state index contributed by atoms with van der Waals surface area (Å²) >= 11 is 0. The van der Waals surface area contributed by atoms with Crippen molar-refractivity contribution in [1.29, 1.82) is 0 Å². The maximum Gasteiger partial charge on any atom is 0.129 e. The van der Waals surface area contributed by atoms with Crippen LogP contribution in [-0.4, -0.2) is 45.7 Å². The first kappa shape index (κ1) is 15.9. The van der Waals surface area contributed by atoms with Crippen LogP contribution in [0.15, 0.2) is 18.2 Å². The van der Waals surface area contributed by atoms with E-state index in [2.05, 4.69) is 36.1 Å². The van der Waals surface area contributed by atoms with Gasteiger partial charge in [0.25, 0.3) is 0 Å². The summed E-state index contributed by atoms with van der Waals surface area (Å²) in [5, 5.41) is 3.05. The molecule has 0 amide bonds. The Labute approximate surface area is 116 Å². The molecule has 1 rings (SSSR count). The molecule has 0 aliphatic heterocycles. The van der Waals surface area contributed by atoms with Crippen molar-refractivity contribution >= 4 is 5.69 Å². The monoisotopic (exact) mass is 267 g/mol. The highest BCUT2D eigenvalue weighted by Crippen LogP contribution is 2.23. The Balaban J connectivity index is 2.96. The normalized spacial score (nSPS) is 11.1. The van der Waals surface area contributed by atoms with Crippen molar-refractivity contribution in [1.82, 2.24) is 10.2 Å². The molecule has 3 nitrogen and oxygen atoms in total. The van der Waals surface area contributed by atoms with E-state index < -0.39 is 0 Å². The highest BCUT2D eigenvalue weighted by molar-refractivity contribution is 5.54. The largest absolute Gasteiger partial charge is 0.370 e. The topological polar surface area (TPSA) is 18.5 Å². The summed E-state index contributed by atoms with van der Waals surface area (Å²) in [4.78, 5) is 4.43. The molecule has 4 heteroatoms. The molecular formula is C15H26FN3. The Morgan fingerprint density at radius 1 is 1.16 bits per heavy atom. The second kappa shape index (κ2) is 8.12. The molecule has 0 spiro atoms. The van der Waals surface area contributed by atoms with Gasteiger partial charge in [-0.3, -0.25) is 0 Å². The van der Waals surface area contributed by atoms with Crippen molar-refractivity contribution in [3.63, 3.8) is 0 Å². The van der Waals surface area contributed by atoms with Gasteiger partial charge >= 0.3 is 0 Å². The molecule has 0 atom stereocenters. The van der Waals surface area contributed by atoms with Crippen molar-refractivity contribution in [2.24, 2.45) is 0 Å². The van der Waals surface area contributed by atoms with E-state index in [1.807, 2.05) is 13.1 Å². The van der Waals surface area contributed by atoms with Crippen LogP contribution in [0, 0.1) is 5.82 Å². The molecule has 0 aliphatic rings. The number of halogens is 1. The number of rotatable bonds is 8. The van der Waals surface area contributed by atoms with E-state index in [1.54, 1.807) is 6.07 Å². The number of likely N-dealkylation sites (N-methyl/N-ethyl adjacent to an activating group) is 1. The zero-order chi connectivity index (χ0) is 14.3. The summed E-state index contributed by atoms with van der Waals surface area (Å²) in [6, 6.07) is 5.34. The Bertz CT molecular complexity index is 380. The van der Waals surface area contributed by atoms with Crippen molar-refractivity contribution in [2.75, 3.05) is 45.7 Å². The van der Waals surface area contributed by atoms with Crippen molar-refractivity contribution in [2.45, 2.75) is 19.9 Å². The number of anilines is 1. The molecule has 0 saturated heterocycles. The molecule has 1 aromatic carbocycles. The molecule has 19 heavy (non-hydrogen) atoms. The fraction of sp³-hybridized carbons (Fsp3) is 0.600. The number of nitrogens with one attached hydrogen (secondary N) is 1. The van der Waals surface area contributed by atoms with Gasteiger partial charge in [0.05, 0.1) is 0 Å². The van der Waals surface area contributed by atoms with Crippen molar-refractivity contribution < 1.29 is 4.39 Å². The van der Waals surface area contributed by atoms with Gasteiger partial charge in [0.1, 0.15) is 5.82 Å². The zero-order valence-corrected chi connectivity index (χ0v) is 12.5. The smallest absolute Gasteiger partial charge is 0.129 e. The SMILES string of the molecule is CCCN(CCN(C)C)c1cccc(F)c1CNC. The van der Waals surface area contributed by atoms with E-state index in [-0.39, 0.29) is 5.82 Å². The third kappa shape index (κ3) is 4.80. The van der Waals surface area contributed by atoms with Gasteiger partial charge in [-0.2, -0.15) is 0 Å². The molecule has 0 radical (unpaired) electrons. The highest BCUT2D eigenvalue weighted by atomic mass is 19.1. The van der Waals surface area contributed by atoms with E-state index in [0.717, 1.165) is 37.3 Å². The molecule has 0 bridgehead atoms. The van der Waals surface area contributed by atoms with Crippen molar-refractivity contribution in [3.05, 3.63) is 29.6 Å². The number of nitrogens with zero attached hydrogens (tertiary/aromatic N) is 2. The van der Waals surface area contributed by atoms with Gasteiger partial charge in [0.2, 0.25) is 0 Å². The number of hydrogen-bond donors (Lipinski definition) is 1. The average Bonchev–Trinajstić information content (AvgIpc) is 2.37. The molecule has 0 aromatic heterocycles. The standard InChI is InChI=1S/C15H26FN3/c1-5-9-19(11-10-18(3)4)15-8-6-7-14(16)13(15)12-17-2/h6-8,17H,5,9-12H2,1-4H3. The van der Waals surface area contributed by atoms with E-state index in [4.69, 9.17) is 0 Å². The molecule has 0 saturated carbocycles. The van der Waals surface area contributed by atoms with Crippen LogP contribution in [-0.2, 0) is 6.54 Å².